The molecule has 2 N–H and O–H groups in total. The van der Waals surface area contributed by atoms with Crippen molar-refractivity contribution in [1.29, 1.82) is 0 Å². The third kappa shape index (κ3) is 3.83. The minimum atomic E-state index is -0.564. The normalized spacial score (nSPS) is 17.3. The summed E-state index contributed by atoms with van der Waals surface area (Å²) in [5.74, 6) is 0.271. The molecule has 1 aliphatic heterocycles. The van der Waals surface area contributed by atoms with Crippen molar-refractivity contribution in [2.24, 2.45) is 0 Å². The number of para-hydroxylation sites is 1. The second-order valence-electron chi connectivity index (χ2n) is 6.04. The summed E-state index contributed by atoms with van der Waals surface area (Å²) in [4.78, 5) is 26.3. The number of phenolic OH excluding ortho intramolecular Hbond substituents is 1. The molecule has 0 aliphatic carbocycles. The molecule has 0 radical (unpaired) electrons. The fourth-order valence-corrected chi connectivity index (χ4v) is 3.24. The molecule has 136 valence electrons. The van der Waals surface area contributed by atoms with Gasteiger partial charge in [-0.2, -0.15) is 0 Å². The fourth-order valence-electron chi connectivity index (χ4n) is 2.87. The van der Waals surface area contributed by atoms with Gasteiger partial charge in [0.2, 0.25) is 5.91 Å². The van der Waals surface area contributed by atoms with Crippen molar-refractivity contribution in [3.05, 3.63) is 52.5 Å². The number of nitrogens with zero attached hydrogens (tertiary/aromatic N) is 1. The largest absolute Gasteiger partial charge is 0.505 e. The Bertz CT molecular complexity index is 823. The Hall–Kier alpha value is -2.54. The Morgan fingerprint density at radius 2 is 1.96 bits per heavy atom. The number of likely N-dealkylation sites (tertiary alicyclic amines) is 1. The number of amides is 2. The minimum absolute atomic E-state index is 0.0407. The van der Waals surface area contributed by atoms with E-state index in [0.29, 0.717) is 16.6 Å². The number of aromatic hydroxyl groups is 1. The summed E-state index contributed by atoms with van der Waals surface area (Å²) in [6, 6.07) is 11.9. The average molecular weight is 419 g/mol. The first-order chi connectivity index (χ1) is 12.5. The number of methoxy groups -OCH3 is 1. The van der Waals surface area contributed by atoms with Gasteiger partial charge >= 0.3 is 0 Å². The lowest BCUT2D eigenvalue weighted by molar-refractivity contribution is -0.149. The van der Waals surface area contributed by atoms with E-state index in [1.165, 1.54) is 4.90 Å². The summed E-state index contributed by atoms with van der Waals surface area (Å²) in [6.45, 7) is 0.213. The molecular weight excluding hydrogens is 400 g/mol. The van der Waals surface area contributed by atoms with E-state index < -0.39 is 6.04 Å². The van der Waals surface area contributed by atoms with Crippen molar-refractivity contribution in [3.8, 4) is 11.5 Å². The molecule has 0 spiro atoms. The van der Waals surface area contributed by atoms with Crippen LogP contribution in [0.3, 0.4) is 0 Å². The molecule has 1 aliphatic rings. The number of carbonyl (C=O) groups is 2. The van der Waals surface area contributed by atoms with Crippen molar-refractivity contribution in [1.82, 2.24) is 4.90 Å². The van der Waals surface area contributed by atoms with Gasteiger partial charge in [0.05, 0.1) is 23.8 Å². The SMILES string of the molecule is COc1ccc(CN2C(=O)CCC(Nc3cccc(Br)c3O)C2=O)cc1. The van der Waals surface area contributed by atoms with Crippen LogP contribution in [0.25, 0.3) is 0 Å². The molecule has 0 aromatic heterocycles. The number of carbonyl (C=O) groups excluding carboxylic acids is 2. The number of ether oxygens (including phenoxy) is 1. The molecule has 0 saturated carbocycles. The van der Waals surface area contributed by atoms with Gasteiger partial charge in [0.1, 0.15) is 11.8 Å². The predicted molar refractivity (Wildman–Crippen MR) is 101 cm³/mol. The zero-order valence-corrected chi connectivity index (χ0v) is 15.8. The molecule has 2 aromatic carbocycles. The van der Waals surface area contributed by atoms with E-state index in [1.807, 2.05) is 12.1 Å². The Labute approximate surface area is 159 Å². The highest BCUT2D eigenvalue weighted by Crippen LogP contribution is 2.33. The summed E-state index contributed by atoms with van der Waals surface area (Å²) in [6.07, 6.45) is 0.664. The van der Waals surface area contributed by atoms with Crippen LogP contribution in [0.4, 0.5) is 5.69 Å². The van der Waals surface area contributed by atoms with Crippen LogP contribution >= 0.6 is 15.9 Å². The van der Waals surface area contributed by atoms with Crippen molar-refractivity contribution in [2.75, 3.05) is 12.4 Å². The molecule has 1 unspecified atom stereocenters. The molecule has 1 heterocycles. The molecule has 1 fully saturated rings. The first-order valence-electron chi connectivity index (χ1n) is 8.20. The molecule has 2 aromatic rings. The maximum Gasteiger partial charge on any atom is 0.251 e. The molecule has 7 heteroatoms. The van der Waals surface area contributed by atoms with E-state index in [4.69, 9.17) is 4.74 Å². The molecule has 6 nitrogen and oxygen atoms in total. The van der Waals surface area contributed by atoms with Crippen LogP contribution in [0.1, 0.15) is 18.4 Å². The zero-order chi connectivity index (χ0) is 18.7. The molecule has 2 amide bonds. The van der Waals surface area contributed by atoms with Crippen LogP contribution in [0.2, 0.25) is 0 Å². The van der Waals surface area contributed by atoms with Crippen molar-refractivity contribution >= 4 is 33.4 Å². The predicted octanol–water partition coefficient (Wildman–Crippen LogP) is 3.29. The summed E-state index contributed by atoms with van der Waals surface area (Å²) >= 11 is 3.25. The van der Waals surface area contributed by atoms with Gasteiger partial charge in [-0.05, 0) is 52.2 Å². The van der Waals surface area contributed by atoms with Gasteiger partial charge in [-0.15, -0.1) is 0 Å². The third-order valence-electron chi connectivity index (χ3n) is 4.33. The molecule has 1 saturated heterocycles. The van der Waals surface area contributed by atoms with E-state index >= 15 is 0 Å². The van der Waals surface area contributed by atoms with Gasteiger partial charge < -0.3 is 15.2 Å². The summed E-state index contributed by atoms with van der Waals surface area (Å²) in [5.41, 5.74) is 1.30. The van der Waals surface area contributed by atoms with Gasteiger partial charge in [0, 0.05) is 6.42 Å². The summed E-state index contributed by atoms with van der Waals surface area (Å²) in [7, 11) is 1.58. The average Bonchev–Trinajstić information content (AvgIpc) is 2.65. The number of halogens is 1. The van der Waals surface area contributed by atoms with Gasteiger partial charge in [0.25, 0.3) is 5.91 Å². The van der Waals surface area contributed by atoms with Gasteiger partial charge in [-0.1, -0.05) is 18.2 Å². The quantitative estimate of drug-likeness (QED) is 0.575. The lowest BCUT2D eigenvalue weighted by Gasteiger charge is -2.31. The first kappa shape index (κ1) is 18.3. The number of imide groups is 1. The molecule has 1 atom stereocenters. The van der Waals surface area contributed by atoms with Crippen LogP contribution < -0.4 is 10.1 Å². The van der Waals surface area contributed by atoms with Gasteiger partial charge in [-0.25, -0.2) is 0 Å². The summed E-state index contributed by atoms with van der Waals surface area (Å²) in [5, 5.41) is 13.2. The Morgan fingerprint density at radius 3 is 2.65 bits per heavy atom. The highest BCUT2D eigenvalue weighted by molar-refractivity contribution is 9.10. The van der Waals surface area contributed by atoms with E-state index in [2.05, 4.69) is 21.2 Å². The van der Waals surface area contributed by atoms with Crippen molar-refractivity contribution in [2.45, 2.75) is 25.4 Å². The zero-order valence-electron chi connectivity index (χ0n) is 14.2. The van der Waals surface area contributed by atoms with Crippen LogP contribution in [-0.4, -0.2) is 35.0 Å². The van der Waals surface area contributed by atoms with Crippen molar-refractivity contribution < 1.29 is 19.4 Å². The number of phenols is 1. The van der Waals surface area contributed by atoms with Gasteiger partial charge in [0.15, 0.2) is 5.75 Å². The van der Waals surface area contributed by atoms with E-state index in [1.54, 1.807) is 37.4 Å². The lowest BCUT2D eigenvalue weighted by atomic mass is 10.0. The van der Waals surface area contributed by atoms with Crippen LogP contribution in [0, 0.1) is 0 Å². The van der Waals surface area contributed by atoms with E-state index in [9.17, 15) is 14.7 Å². The topological polar surface area (TPSA) is 78.9 Å². The van der Waals surface area contributed by atoms with Crippen LogP contribution in [-0.2, 0) is 16.1 Å². The number of piperidine rings is 1. The molecule has 3 rings (SSSR count). The van der Waals surface area contributed by atoms with Crippen molar-refractivity contribution in [3.63, 3.8) is 0 Å². The standard InChI is InChI=1S/C19H19BrN2O4/c1-26-13-7-5-12(6-8-13)11-22-17(23)10-9-16(19(22)25)21-15-4-2-3-14(20)18(15)24/h2-8,16,21,24H,9-11H2,1H3. The minimum Gasteiger partial charge on any atom is -0.505 e. The first-order valence-corrected chi connectivity index (χ1v) is 9.00. The number of hydrogen-bond donors (Lipinski definition) is 2. The molecule has 0 bridgehead atoms. The molecular formula is C19H19BrN2O4. The van der Waals surface area contributed by atoms with E-state index in [0.717, 1.165) is 11.3 Å². The Kier molecular flexibility index (Phi) is 5.46. The highest BCUT2D eigenvalue weighted by Gasteiger charge is 2.34. The van der Waals surface area contributed by atoms with E-state index in [-0.39, 0.29) is 30.5 Å². The maximum atomic E-state index is 12.8. The second-order valence-corrected chi connectivity index (χ2v) is 6.89. The highest BCUT2D eigenvalue weighted by atomic mass is 79.9. The monoisotopic (exact) mass is 418 g/mol. The van der Waals surface area contributed by atoms with Crippen LogP contribution in [0.5, 0.6) is 11.5 Å². The second kappa shape index (κ2) is 7.78. The Morgan fingerprint density at radius 1 is 1.23 bits per heavy atom. The number of nitrogens with one attached hydrogen (secondary N) is 1. The molecule has 26 heavy (non-hydrogen) atoms. The summed E-state index contributed by atoms with van der Waals surface area (Å²) < 4.78 is 5.66. The Balaban J connectivity index is 1.75. The van der Waals surface area contributed by atoms with Gasteiger partial charge in [-0.3, -0.25) is 14.5 Å². The number of hydrogen-bond acceptors (Lipinski definition) is 5. The smallest absolute Gasteiger partial charge is 0.251 e. The number of rotatable bonds is 5. The number of anilines is 1. The van der Waals surface area contributed by atoms with Crippen LogP contribution in [0.15, 0.2) is 46.9 Å². The maximum absolute atomic E-state index is 12.8. The number of benzene rings is 2. The fraction of sp³-hybridized carbons (Fsp3) is 0.263. The lowest BCUT2D eigenvalue weighted by Crippen LogP contribution is -2.50. The third-order valence-corrected chi connectivity index (χ3v) is 4.97.